The second-order valence-corrected chi connectivity index (χ2v) is 3.64. The van der Waals surface area contributed by atoms with Crippen molar-refractivity contribution in [1.82, 2.24) is 10.6 Å². The Hall–Kier alpha value is -1.59. The quantitative estimate of drug-likeness (QED) is 0.538. The van der Waals surface area contributed by atoms with Gasteiger partial charge in [0.25, 0.3) is 0 Å². The lowest BCUT2D eigenvalue weighted by Crippen LogP contribution is -2.54. The van der Waals surface area contributed by atoms with Crippen LogP contribution in [0, 0.1) is 0 Å². The zero-order valence-electron chi connectivity index (χ0n) is 8.45. The summed E-state index contributed by atoms with van der Waals surface area (Å²) in [6, 6.07) is -0.321. The molecule has 0 aliphatic carbocycles. The average Bonchev–Trinajstić information content (AvgIpc) is 2.08. The van der Waals surface area contributed by atoms with Crippen LogP contribution in [0.3, 0.4) is 0 Å². The second-order valence-electron chi connectivity index (χ2n) is 3.64. The van der Waals surface area contributed by atoms with Crippen molar-refractivity contribution in [2.45, 2.75) is 38.3 Å². The molecule has 1 aliphatic heterocycles. The summed E-state index contributed by atoms with van der Waals surface area (Å²) < 4.78 is 0. The van der Waals surface area contributed by atoms with Crippen molar-refractivity contribution in [3.63, 3.8) is 0 Å². The number of carboxylic acid groups (broad SMARTS) is 1. The number of carboxylic acids is 1. The van der Waals surface area contributed by atoms with Gasteiger partial charge in [0, 0.05) is 18.5 Å². The lowest BCUT2D eigenvalue weighted by atomic mass is 9.99. The highest BCUT2D eigenvalue weighted by molar-refractivity contribution is 5.93. The van der Waals surface area contributed by atoms with Crippen molar-refractivity contribution in [1.29, 1.82) is 0 Å². The number of carbonyl (C=O) groups excluding carboxylic acids is 2. The first-order chi connectivity index (χ1) is 6.99. The molecule has 2 atom stereocenters. The Balaban J connectivity index is 2.41. The molecule has 0 aromatic heterocycles. The van der Waals surface area contributed by atoms with E-state index in [9.17, 15) is 14.4 Å². The highest BCUT2D eigenvalue weighted by Crippen LogP contribution is 2.09. The first-order valence-corrected chi connectivity index (χ1v) is 4.79. The van der Waals surface area contributed by atoms with Crippen LogP contribution >= 0.6 is 0 Å². The van der Waals surface area contributed by atoms with E-state index in [4.69, 9.17) is 5.11 Å². The molecule has 0 aromatic rings. The van der Waals surface area contributed by atoms with Gasteiger partial charge in [-0.25, -0.2) is 0 Å². The third-order valence-corrected chi connectivity index (χ3v) is 2.33. The van der Waals surface area contributed by atoms with E-state index in [-0.39, 0.29) is 18.0 Å². The Morgan fingerprint density at radius 1 is 1.60 bits per heavy atom. The van der Waals surface area contributed by atoms with Crippen LogP contribution in [0.2, 0.25) is 0 Å². The number of hydrogen-bond donors (Lipinski definition) is 3. The molecule has 0 saturated carbocycles. The second kappa shape index (κ2) is 4.77. The minimum absolute atomic E-state index is 0.0359. The Labute approximate surface area is 87.0 Å². The third-order valence-electron chi connectivity index (χ3n) is 2.33. The summed E-state index contributed by atoms with van der Waals surface area (Å²) >= 11 is 0. The van der Waals surface area contributed by atoms with Gasteiger partial charge in [0.1, 0.15) is 6.42 Å². The van der Waals surface area contributed by atoms with Gasteiger partial charge in [-0.15, -0.1) is 0 Å². The zero-order chi connectivity index (χ0) is 11.4. The maximum atomic E-state index is 11.1. The zero-order valence-corrected chi connectivity index (χ0v) is 8.45. The van der Waals surface area contributed by atoms with E-state index in [1.807, 2.05) is 0 Å². The van der Waals surface area contributed by atoms with Crippen molar-refractivity contribution >= 4 is 17.8 Å². The summed E-state index contributed by atoms with van der Waals surface area (Å²) in [5.74, 6) is -1.71. The van der Waals surface area contributed by atoms with Crippen LogP contribution in [0.25, 0.3) is 0 Å². The van der Waals surface area contributed by atoms with Crippen molar-refractivity contribution in [2.24, 2.45) is 0 Å². The SMILES string of the molecule is CC1NC(=O)CCC1NC(=O)CC(=O)O. The highest BCUT2D eigenvalue weighted by Gasteiger charge is 2.26. The van der Waals surface area contributed by atoms with E-state index in [2.05, 4.69) is 10.6 Å². The normalized spacial score (nSPS) is 25.5. The molecule has 0 bridgehead atoms. The molecular formula is C9H14N2O4. The van der Waals surface area contributed by atoms with Gasteiger partial charge < -0.3 is 15.7 Å². The largest absolute Gasteiger partial charge is 0.481 e. The van der Waals surface area contributed by atoms with E-state index < -0.39 is 18.3 Å². The summed E-state index contributed by atoms with van der Waals surface area (Å²) in [6.07, 6.45) is 0.387. The number of carbonyl (C=O) groups is 3. The highest BCUT2D eigenvalue weighted by atomic mass is 16.4. The fourth-order valence-electron chi connectivity index (χ4n) is 1.56. The molecule has 3 N–H and O–H groups in total. The molecule has 2 amide bonds. The van der Waals surface area contributed by atoms with Crippen molar-refractivity contribution < 1.29 is 19.5 Å². The third kappa shape index (κ3) is 3.57. The van der Waals surface area contributed by atoms with Crippen molar-refractivity contribution in [2.75, 3.05) is 0 Å². The summed E-state index contributed by atoms with van der Waals surface area (Å²) in [5.41, 5.74) is 0. The molecule has 0 spiro atoms. The molecule has 1 heterocycles. The predicted molar refractivity (Wildman–Crippen MR) is 51.0 cm³/mol. The van der Waals surface area contributed by atoms with Gasteiger partial charge in [-0.3, -0.25) is 14.4 Å². The average molecular weight is 214 g/mol. The number of aliphatic carboxylic acids is 1. The van der Waals surface area contributed by atoms with E-state index in [0.29, 0.717) is 12.8 Å². The number of hydrogen-bond acceptors (Lipinski definition) is 3. The van der Waals surface area contributed by atoms with E-state index >= 15 is 0 Å². The van der Waals surface area contributed by atoms with Gasteiger partial charge in [0.15, 0.2) is 0 Å². The summed E-state index contributed by atoms with van der Waals surface area (Å²) in [5, 5.41) is 13.7. The Morgan fingerprint density at radius 2 is 2.27 bits per heavy atom. The molecule has 2 unspecified atom stereocenters. The number of amides is 2. The smallest absolute Gasteiger partial charge is 0.312 e. The summed E-state index contributed by atoms with van der Waals surface area (Å²) in [4.78, 5) is 32.4. The number of nitrogens with one attached hydrogen (secondary N) is 2. The van der Waals surface area contributed by atoms with Gasteiger partial charge in [0.2, 0.25) is 11.8 Å². The monoisotopic (exact) mass is 214 g/mol. The fraction of sp³-hybridized carbons (Fsp3) is 0.667. The first-order valence-electron chi connectivity index (χ1n) is 4.79. The van der Waals surface area contributed by atoms with Crippen LogP contribution in [0.4, 0.5) is 0 Å². The molecule has 6 heteroatoms. The molecule has 1 aliphatic rings. The van der Waals surface area contributed by atoms with Gasteiger partial charge in [0.05, 0.1) is 0 Å². The van der Waals surface area contributed by atoms with E-state index in [1.54, 1.807) is 6.92 Å². The molecular weight excluding hydrogens is 200 g/mol. The van der Waals surface area contributed by atoms with Crippen LogP contribution in [-0.2, 0) is 14.4 Å². The summed E-state index contributed by atoms with van der Waals surface area (Å²) in [7, 11) is 0. The lowest BCUT2D eigenvalue weighted by Gasteiger charge is -2.30. The minimum atomic E-state index is -1.15. The van der Waals surface area contributed by atoms with Crippen LogP contribution in [0.15, 0.2) is 0 Å². The van der Waals surface area contributed by atoms with Crippen molar-refractivity contribution in [3.05, 3.63) is 0 Å². The Kier molecular flexibility index (Phi) is 3.65. The van der Waals surface area contributed by atoms with Crippen molar-refractivity contribution in [3.8, 4) is 0 Å². The molecule has 1 saturated heterocycles. The fourth-order valence-corrected chi connectivity index (χ4v) is 1.56. The maximum absolute atomic E-state index is 11.1. The van der Waals surface area contributed by atoms with Crippen LogP contribution in [0.5, 0.6) is 0 Å². The van der Waals surface area contributed by atoms with Crippen LogP contribution in [-0.4, -0.2) is 35.0 Å². The van der Waals surface area contributed by atoms with Gasteiger partial charge in [-0.1, -0.05) is 0 Å². The molecule has 1 fully saturated rings. The molecule has 6 nitrogen and oxygen atoms in total. The molecule has 0 aromatic carbocycles. The lowest BCUT2D eigenvalue weighted by molar-refractivity contribution is -0.141. The molecule has 84 valence electrons. The first kappa shape index (κ1) is 11.5. The summed E-state index contributed by atoms with van der Waals surface area (Å²) in [6.45, 7) is 1.78. The molecule has 0 radical (unpaired) electrons. The topological polar surface area (TPSA) is 95.5 Å². The van der Waals surface area contributed by atoms with Gasteiger partial charge >= 0.3 is 5.97 Å². The van der Waals surface area contributed by atoms with Crippen LogP contribution < -0.4 is 10.6 Å². The minimum Gasteiger partial charge on any atom is -0.481 e. The molecule has 1 rings (SSSR count). The molecule has 15 heavy (non-hydrogen) atoms. The van der Waals surface area contributed by atoms with Crippen LogP contribution in [0.1, 0.15) is 26.2 Å². The Morgan fingerprint density at radius 3 is 2.80 bits per heavy atom. The van der Waals surface area contributed by atoms with Gasteiger partial charge in [-0.05, 0) is 13.3 Å². The van der Waals surface area contributed by atoms with E-state index in [1.165, 1.54) is 0 Å². The van der Waals surface area contributed by atoms with Gasteiger partial charge in [-0.2, -0.15) is 0 Å². The number of piperidine rings is 1. The Bertz CT molecular complexity index is 290. The maximum Gasteiger partial charge on any atom is 0.312 e. The predicted octanol–water partition coefficient (Wildman–Crippen LogP) is -0.756. The number of rotatable bonds is 3. The standard InChI is InChI=1S/C9H14N2O4/c1-5-6(2-3-7(12)10-5)11-8(13)4-9(14)15/h5-6H,2-4H2,1H3,(H,10,12)(H,11,13)(H,14,15). The van der Waals surface area contributed by atoms with E-state index in [0.717, 1.165) is 0 Å².